The van der Waals surface area contributed by atoms with Gasteiger partial charge in [-0.15, -0.1) is 0 Å². The molecule has 13 heavy (non-hydrogen) atoms. The second kappa shape index (κ2) is 2.83. The van der Waals surface area contributed by atoms with Crippen LogP contribution < -0.4 is 0 Å². The van der Waals surface area contributed by atoms with E-state index < -0.39 is 0 Å². The summed E-state index contributed by atoms with van der Waals surface area (Å²) in [4.78, 5) is 0. The zero-order valence-corrected chi connectivity index (χ0v) is 7.71. The van der Waals surface area contributed by atoms with Gasteiger partial charge in [0.15, 0.2) is 0 Å². The molecule has 68 valence electrons. The van der Waals surface area contributed by atoms with Gasteiger partial charge in [0.25, 0.3) is 0 Å². The number of aryl methyl sites for hydroxylation is 2. The Hall–Kier alpha value is -1.38. The van der Waals surface area contributed by atoms with Crippen LogP contribution in [0.15, 0.2) is 18.3 Å². The lowest BCUT2D eigenvalue weighted by molar-refractivity contribution is 0.614. The standard InChI is InChI=1S/C10H11FN2/c1-3-7-5-10-8(4-9(7)11)6-12-13(10)2/h4-6H,3H2,1-2H3. The van der Waals surface area contributed by atoms with Crippen LogP contribution in [-0.4, -0.2) is 9.78 Å². The van der Waals surface area contributed by atoms with Crippen LogP contribution >= 0.6 is 0 Å². The van der Waals surface area contributed by atoms with Crippen LogP contribution in [0.3, 0.4) is 0 Å². The first-order chi connectivity index (χ1) is 6.22. The molecule has 0 aliphatic heterocycles. The maximum atomic E-state index is 13.3. The number of hydrogen-bond acceptors (Lipinski definition) is 1. The van der Waals surface area contributed by atoms with Crippen molar-refractivity contribution in [3.05, 3.63) is 29.7 Å². The molecule has 0 unspecified atom stereocenters. The van der Waals surface area contributed by atoms with E-state index in [1.807, 2.05) is 20.0 Å². The van der Waals surface area contributed by atoms with Crippen molar-refractivity contribution < 1.29 is 4.39 Å². The molecular weight excluding hydrogens is 167 g/mol. The molecule has 0 radical (unpaired) electrons. The number of benzene rings is 1. The number of nitrogens with zero attached hydrogens (tertiary/aromatic N) is 2. The molecule has 1 aromatic heterocycles. The topological polar surface area (TPSA) is 17.8 Å². The van der Waals surface area contributed by atoms with Crippen LogP contribution in [0, 0.1) is 5.82 Å². The van der Waals surface area contributed by atoms with Crippen LogP contribution in [0.5, 0.6) is 0 Å². The SMILES string of the molecule is CCc1cc2c(cnn2C)cc1F. The molecule has 0 atom stereocenters. The number of halogens is 1. The van der Waals surface area contributed by atoms with Gasteiger partial charge in [0, 0.05) is 12.4 Å². The first-order valence-electron chi connectivity index (χ1n) is 4.32. The van der Waals surface area contributed by atoms with Crippen molar-refractivity contribution in [1.29, 1.82) is 0 Å². The van der Waals surface area contributed by atoms with Crippen molar-refractivity contribution in [3.63, 3.8) is 0 Å². The Kier molecular flexibility index (Phi) is 1.79. The minimum absolute atomic E-state index is 0.136. The van der Waals surface area contributed by atoms with E-state index in [4.69, 9.17) is 0 Å². The van der Waals surface area contributed by atoms with Crippen molar-refractivity contribution >= 4 is 10.9 Å². The summed E-state index contributed by atoms with van der Waals surface area (Å²) in [5, 5.41) is 4.92. The zero-order valence-electron chi connectivity index (χ0n) is 7.71. The van der Waals surface area contributed by atoms with Gasteiger partial charge in [0.2, 0.25) is 0 Å². The summed E-state index contributed by atoms with van der Waals surface area (Å²) in [5.41, 5.74) is 1.73. The predicted molar refractivity (Wildman–Crippen MR) is 50.1 cm³/mol. The first-order valence-corrected chi connectivity index (χ1v) is 4.32. The van der Waals surface area contributed by atoms with Gasteiger partial charge in [-0.2, -0.15) is 5.10 Å². The Morgan fingerprint density at radius 3 is 2.92 bits per heavy atom. The molecule has 0 saturated heterocycles. The molecule has 0 aliphatic carbocycles. The lowest BCUT2D eigenvalue weighted by Crippen LogP contribution is -1.92. The Labute approximate surface area is 76.0 Å². The summed E-state index contributed by atoms with van der Waals surface area (Å²) in [7, 11) is 1.86. The number of fused-ring (bicyclic) bond motifs is 1. The molecule has 0 saturated carbocycles. The lowest BCUT2D eigenvalue weighted by atomic mass is 10.1. The van der Waals surface area contributed by atoms with Crippen molar-refractivity contribution in [2.75, 3.05) is 0 Å². The van der Waals surface area contributed by atoms with E-state index in [1.165, 1.54) is 0 Å². The molecule has 1 aromatic carbocycles. The second-order valence-electron chi connectivity index (χ2n) is 3.12. The predicted octanol–water partition coefficient (Wildman–Crippen LogP) is 2.27. The molecular formula is C10H11FN2. The van der Waals surface area contributed by atoms with E-state index >= 15 is 0 Å². The summed E-state index contributed by atoms with van der Waals surface area (Å²) >= 11 is 0. The average molecular weight is 178 g/mol. The van der Waals surface area contributed by atoms with Crippen molar-refractivity contribution in [3.8, 4) is 0 Å². The van der Waals surface area contributed by atoms with E-state index in [0.717, 1.165) is 16.5 Å². The molecule has 3 heteroatoms. The fourth-order valence-electron chi connectivity index (χ4n) is 1.49. The molecule has 1 heterocycles. The van der Waals surface area contributed by atoms with Crippen LogP contribution in [0.1, 0.15) is 12.5 Å². The summed E-state index contributed by atoms with van der Waals surface area (Å²) in [5.74, 6) is -0.136. The number of rotatable bonds is 1. The van der Waals surface area contributed by atoms with Gasteiger partial charge >= 0.3 is 0 Å². The summed E-state index contributed by atoms with van der Waals surface area (Å²) in [6.45, 7) is 1.95. The third kappa shape index (κ3) is 1.20. The average Bonchev–Trinajstić information content (AvgIpc) is 2.46. The summed E-state index contributed by atoms with van der Waals surface area (Å²) in [6, 6.07) is 3.40. The van der Waals surface area contributed by atoms with Gasteiger partial charge in [0.1, 0.15) is 5.82 Å². The summed E-state index contributed by atoms with van der Waals surface area (Å²) < 4.78 is 15.0. The second-order valence-corrected chi connectivity index (χ2v) is 3.12. The van der Waals surface area contributed by atoms with Gasteiger partial charge in [-0.25, -0.2) is 4.39 Å². The van der Waals surface area contributed by atoms with E-state index in [1.54, 1.807) is 16.9 Å². The Morgan fingerprint density at radius 1 is 1.46 bits per heavy atom. The largest absolute Gasteiger partial charge is 0.268 e. The minimum Gasteiger partial charge on any atom is -0.268 e. The van der Waals surface area contributed by atoms with Crippen molar-refractivity contribution in [1.82, 2.24) is 9.78 Å². The molecule has 0 fully saturated rings. The number of aromatic nitrogens is 2. The van der Waals surface area contributed by atoms with Crippen LogP contribution in [-0.2, 0) is 13.5 Å². The van der Waals surface area contributed by atoms with Crippen LogP contribution in [0.2, 0.25) is 0 Å². The highest BCUT2D eigenvalue weighted by Crippen LogP contribution is 2.18. The van der Waals surface area contributed by atoms with E-state index in [2.05, 4.69) is 5.10 Å². The third-order valence-corrected chi connectivity index (χ3v) is 2.30. The molecule has 0 aliphatic rings. The fourth-order valence-corrected chi connectivity index (χ4v) is 1.49. The van der Waals surface area contributed by atoms with Gasteiger partial charge < -0.3 is 0 Å². The smallest absolute Gasteiger partial charge is 0.127 e. The van der Waals surface area contributed by atoms with Gasteiger partial charge in [-0.3, -0.25) is 4.68 Å². The van der Waals surface area contributed by atoms with Gasteiger partial charge in [-0.1, -0.05) is 6.92 Å². The molecule has 0 N–H and O–H groups in total. The van der Waals surface area contributed by atoms with Crippen molar-refractivity contribution in [2.24, 2.45) is 7.05 Å². The van der Waals surface area contributed by atoms with E-state index in [0.29, 0.717) is 6.42 Å². The molecule has 0 amide bonds. The molecule has 0 spiro atoms. The maximum Gasteiger partial charge on any atom is 0.127 e. The normalized spacial score (nSPS) is 11.0. The third-order valence-electron chi connectivity index (χ3n) is 2.30. The highest BCUT2D eigenvalue weighted by molar-refractivity contribution is 5.79. The maximum absolute atomic E-state index is 13.3. The Bertz CT molecular complexity index is 445. The molecule has 0 bridgehead atoms. The zero-order chi connectivity index (χ0) is 9.42. The van der Waals surface area contributed by atoms with E-state index in [-0.39, 0.29) is 5.82 Å². The fraction of sp³-hybridized carbons (Fsp3) is 0.300. The quantitative estimate of drug-likeness (QED) is 0.655. The van der Waals surface area contributed by atoms with Gasteiger partial charge in [0.05, 0.1) is 11.7 Å². The highest BCUT2D eigenvalue weighted by atomic mass is 19.1. The number of hydrogen-bond donors (Lipinski definition) is 0. The monoisotopic (exact) mass is 178 g/mol. The van der Waals surface area contributed by atoms with Crippen molar-refractivity contribution in [2.45, 2.75) is 13.3 Å². The first kappa shape index (κ1) is 8.23. The Morgan fingerprint density at radius 2 is 2.23 bits per heavy atom. The molecule has 2 nitrogen and oxygen atoms in total. The van der Waals surface area contributed by atoms with E-state index in [9.17, 15) is 4.39 Å². The van der Waals surface area contributed by atoms with Crippen LogP contribution in [0.25, 0.3) is 10.9 Å². The lowest BCUT2D eigenvalue weighted by Gasteiger charge is -2.00. The molecule has 2 aromatic rings. The summed E-state index contributed by atoms with van der Waals surface area (Å²) in [6.07, 6.45) is 2.39. The van der Waals surface area contributed by atoms with Gasteiger partial charge in [-0.05, 0) is 24.1 Å². The minimum atomic E-state index is -0.136. The Balaban J connectivity index is 2.77. The molecule has 2 rings (SSSR count). The van der Waals surface area contributed by atoms with Crippen LogP contribution in [0.4, 0.5) is 4.39 Å². The highest BCUT2D eigenvalue weighted by Gasteiger charge is 2.05.